The number of rotatable bonds is 8. The molecule has 116 valence electrons. The average molecular weight is 311 g/mol. The maximum Gasteiger partial charge on any atom is 0.328 e. The van der Waals surface area contributed by atoms with Gasteiger partial charge in [0, 0.05) is 0 Å². The Morgan fingerprint density at radius 3 is 2.67 bits per heavy atom. The molecule has 1 amide bonds. The first kappa shape index (κ1) is 17.4. The van der Waals surface area contributed by atoms with Gasteiger partial charge in [0.15, 0.2) is 6.61 Å². The van der Waals surface area contributed by atoms with Crippen LogP contribution in [0, 0.1) is 6.92 Å². The van der Waals surface area contributed by atoms with E-state index < -0.39 is 12.0 Å². The number of ether oxygens (including phenoxy) is 2. The van der Waals surface area contributed by atoms with E-state index in [4.69, 9.17) is 4.74 Å². The Morgan fingerprint density at radius 1 is 1.33 bits per heavy atom. The molecule has 0 aliphatic heterocycles. The summed E-state index contributed by atoms with van der Waals surface area (Å²) < 4.78 is 10.1. The minimum Gasteiger partial charge on any atom is -0.484 e. The lowest BCUT2D eigenvalue weighted by atomic mass is 10.2. The fourth-order valence-corrected chi connectivity index (χ4v) is 2.20. The fraction of sp³-hybridized carbons (Fsp3) is 0.467. The van der Waals surface area contributed by atoms with Crippen molar-refractivity contribution < 1.29 is 19.1 Å². The lowest BCUT2D eigenvalue weighted by Gasteiger charge is -2.16. The summed E-state index contributed by atoms with van der Waals surface area (Å²) in [6, 6.07) is 6.82. The molecule has 0 bridgehead atoms. The monoisotopic (exact) mass is 311 g/mol. The Labute approximate surface area is 129 Å². The number of para-hydroxylation sites is 1. The number of nitrogens with one attached hydrogen (secondary N) is 1. The molecule has 0 heterocycles. The Kier molecular flexibility index (Phi) is 7.68. The zero-order chi connectivity index (χ0) is 15.7. The smallest absolute Gasteiger partial charge is 0.328 e. The van der Waals surface area contributed by atoms with Crippen molar-refractivity contribution in [3.05, 3.63) is 29.8 Å². The fourth-order valence-electron chi connectivity index (χ4n) is 1.72. The van der Waals surface area contributed by atoms with E-state index in [1.807, 2.05) is 31.4 Å². The van der Waals surface area contributed by atoms with E-state index in [0.717, 1.165) is 11.3 Å². The molecule has 5 nitrogen and oxygen atoms in total. The van der Waals surface area contributed by atoms with Crippen molar-refractivity contribution in [2.45, 2.75) is 19.4 Å². The maximum absolute atomic E-state index is 11.9. The minimum absolute atomic E-state index is 0.127. The number of thioether (sulfide) groups is 1. The first-order chi connectivity index (χ1) is 10.1. The van der Waals surface area contributed by atoms with E-state index in [0.29, 0.717) is 12.2 Å². The summed E-state index contributed by atoms with van der Waals surface area (Å²) in [6.07, 6.45) is 2.47. The Hall–Kier alpha value is -1.69. The van der Waals surface area contributed by atoms with Crippen LogP contribution < -0.4 is 10.1 Å². The van der Waals surface area contributed by atoms with E-state index in [2.05, 4.69) is 10.1 Å². The molecule has 0 aliphatic carbocycles. The van der Waals surface area contributed by atoms with Crippen LogP contribution in [0.3, 0.4) is 0 Å². The van der Waals surface area contributed by atoms with Crippen LogP contribution in [0.4, 0.5) is 0 Å². The van der Waals surface area contributed by atoms with Crippen molar-refractivity contribution in [3.8, 4) is 5.75 Å². The van der Waals surface area contributed by atoms with Gasteiger partial charge in [-0.05, 0) is 37.0 Å². The maximum atomic E-state index is 11.9. The highest BCUT2D eigenvalue weighted by molar-refractivity contribution is 7.98. The Morgan fingerprint density at radius 2 is 2.05 bits per heavy atom. The number of methoxy groups -OCH3 is 1. The number of aryl methyl sites for hydroxylation is 1. The van der Waals surface area contributed by atoms with Gasteiger partial charge in [0.1, 0.15) is 11.8 Å². The molecule has 0 fully saturated rings. The van der Waals surface area contributed by atoms with Crippen molar-refractivity contribution >= 4 is 23.6 Å². The standard InChI is InChI=1S/C15H21NO4S/c1-11-6-4-5-7-13(11)20-10-14(17)16-12(8-9-21-3)15(18)19-2/h4-7,12H,8-10H2,1-3H3,(H,16,17)/t12-/m0/s1. The van der Waals surface area contributed by atoms with Crippen LogP contribution in [-0.2, 0) is 14.3 Å². The summed E-state index contributed by atoms with van der Waals surface area (Å²) in [5.74, 6) is 0.646. The molecule has 0 saturated carbocycles. The van der Waals surface area contributed by atoms with E-state index in [1.54, 1.807) is 17.8 Å². The summed E-state index contributed by atoms with van der Waals surface area (Å²) in [6.45, 7) is 1.78. The minimum atomic E-state index is -0.629. The number of hydrogen-bond donors (Lipinski definition) is 1. The van der Waals surface area contributed by atoms with Gasteiger partial charge < -0.3 is 14.8 Å². The third-order valence-corrected chi connectivity index (χ3v) is 3.53. The van der Waals surface area contributed by atoms with Gasteiger partial charge in [0.2, 0.25) is 0 Å². The molecular formula is C15H21NO4S. The second-order valence-corrected chi connectivity index (χ2v) is 5.46. The number of esters is 1. The largest absolute Gasteiger partial charge is 0.484 e. The van der Waals surface area contributed by atoms with Gasteiger partial charge in [0.05, 0.1) is 7.11 Å². The third-order valence-electron chi connectivity index (χ3n) is 2.88. The molecule has 1 rings (SSSR count). The average Bonchev–Trinajstić information content (AvgIpc) is 2.49. The molecule has 1 N–H and O–H groups in total. The predicted molar refractivity (Wildman–Crippen MR) is 83.6 cm³/mol. The number of amides is 1. The molecule has 0 unspecified atom stereocenters. The summed E-state index contributed by atoms with van der Waals surface area (Å²) in [7, 11) is 1.31. The molecule has 0 radical (unpaired) electrons. The molecule has 0 aliphatic rings. The van der Waals surface area contributed by atoms with Gasteiger partial charge >= 0.3 is 5.97 Å². The van der Waals surface area contributed by atoms with Crippen molar-refractivity contribution in [2.24, 2.45) is 0 Å². The predicted octanol–water partition coefficient (Wildman–Crippen LogP) is 1.78. The normalized spacial score (nSPS) is 11.6. The van der Waals surface area contributed by atoms with Crippen LogP contribution >= 0.6 is 11.8 Å². The summed E-state index contributed by atoms with van der Waals surface area (Å²) in [5.41, 5.74) is 0.956. The lowest BCUT2D eigenvalue weighted by molar-refractivity contribution is -0.145. The molecule has 1 aromatic carbocycles. The van der Waals surface area contributed by atoms with Crippen LogP contribution in [0.25, 0.3) is 0 Å². The van der Waals surface area contributed by atoms with Gasteiger partial charge in [-0.2, -0.15) is 11.8 Å². The van der Waals surface area contributed by atoms with Crippen LogP contribution in [0.5, 0.6) is 5.75 Å². The van der Waals surface area contributed by atoms with Crippen LogP contribution in [0.2, 0.25) is 0 Å². The molecule has 1 aromatic rings. The van der Waals surface area contributed by atoms with Crippen molar-refractivity contribution in [1.82, 2.24) is 5.32 Å². The van der Waals surface area contributed by atoms with Gasteiger partial charge in [-0.1, -0.05) is 18.2 Å². The highest BCUT2D eigenvalue weighted by Crippen LogP contribution is 2.15. The van der Waals surface area contributed by atoms with Crippen LogP contribution in [0.15, 0.2) is 24.3 Å². The van der Waals surface area contributed by atoms with Gasteiger partial charge in [0.25, 0.3) is 5.91 Å². The summed E-state index contributed by atoms with van der Waals surface area (Å²) >= 11 is 1.61. The van der Waals surface area contributed by atoms with Crippen LogP contribution in [-0.4, -0.2) is 43.6 Å². The molecule has 6 heteroatoms. The molecule has 0 aromatic heterocycles. The highest BCUT2D eigenvalue weighted by atomic mass is 32.2. The molecule has 21 heavy (non-hydrogen) atoms. The van der Waals surface area contributed by atoms with Crippen molar-refractivity contribution in [1.29, 1.82) is 0 Å². The van der Waals surface area contributed by atoms with E-state index in [1.165, 1.54) is 7.11 Å². The first-order valence-corrected chi connectivity index (χ1v) is 8.02. The molecule has 0 saturated heterocycles. The summed E-state index contributed by atoms with van der Waals surface area (Å²) in [4.78, 5) is 23.5. The van der Waals surface area contributed by atoms with Crippen LogP contribution in [0.1, 0.15) is 12.0 Å². The topological polar surface area (TPSA) is 64.6 Å². The molecule has 1 atom stereocenters. The zero-order valence-corrected chi connectivity index (χ0v) is 13.4. The van der Waals surface area contributed by atoms with E-state index in [9.17, 15) is 9.59 Å². The van der Waals surface area contributed by atoms with E-state index in [-0.39, 0.29) is 12.5 Å². The number of carbonyl (C=O) groups excluding carboxylic acids is 2. The third kappa shape index (κ3) is 6.08. The summed E-state index contributed by atoms with van der Waals surface area (Å²) in [5, 5.41) is 2.64. The molecular weight excluding hydrogens is 290 g/mol. The number of carbonyl (C=O) groups is 2. The second kappa shape index (κ2) is 9.28. The SMILES string of the molecule is COC(=O)[C@H](CCSC)NC(=O)COc1ccccc1C. The van der Waals surface area contributed by atoms with Crippen molar-refractivity contribution in [2.75, 3.05) is 25.7 Å². The highest BCUT2D eigenvalue weighted by Gasteiger charge is 2.21. The van der Waals surface area contributed by atoms with Gasteiger partial charge in [-0.3, -0.25) is 4.79 Å². The van der Waals surface area contributed by atoms with Crippen molar-refractivity contribution in [3.63, 3.8) is 0 Å². The Bertz CT molecular complexity index is 478. The van der Waals surface area contributed by atoms with Gasteiger partial charge in [-0.15, -0.1) is 0 Å². The quantitative estimate of drug-likeness (QED) is 0.742. The van der Waals surface area contributed by atoms with Gasteiger partial charge in [-0.25, -0.2) is 4.79 Å². The van der Waals surface area contributed by atoms with E-state index >= 15 is 0 Å². The molecule has 0 spiro atoms. The Balaban J connectivity index is 2.50. The second-order valence-electron chi connectivity index (χ2n) is 4.48. The first-order valence-electron chi connectivity index (χ1n) is 6.63. The number of hydrogen-bond acceptors (Lipinski definition) is 5. The zero-order valence-electron chi connectivity index (χ0n) is 12.5. The lowest BCUT2D eigenvalue weighted by Crippen LogP contribution is -2.43. The number of benzene rings is 1.